The minimum atomic E-state index is -0.0741. The standard InChI is InChI=1S/C19H21N5O/c1-12-11-24-9-8-15(10-16(24)20-12)19(25)21-18-17(13(2)22-23-18)14-6-4-3-5-7-14/h3-7,11,15H,8-10H2,1-2H3,(H2,21,22,23,25). The summed E-state index contributed by atoms with van der Waals surface area (Å²) in [5.74, 6) is 1.52. The number of H-pyrrole nitrogens is 1. The van der Waals surface area contributed by atoms with Crippen molar-refractivity contribution in [2.45, 2.75) is 33.2 Å². The number of hydrogen-bond acceptors (Lipinski definition) is 3. The average Bonchev–Trinajstić information content (AvgIpc) is 3.16. The van der Waals surface area contributed by atoms with E-state index in [2.05, 4.69) is 25.1 Å². The Morgan fingerprint density at radius 1 is 1.28 bits per heavy atom. The summed E-state index contributed by atoms with van der Waals surface area (Å²) in [6.45, 7) is 4.78. The molecule has 0 saturated heterocycles. The number of amides is 1. The van der Waals surface area contributed by atoms with Crippen LogP contribution in [-0.4, -0.2) is 25.7 Å². The van der Waals surface area contributed by atoms with Crippen molar-refractivity contribution in [1.82, 2.24) is 19.7 Å². The van der Waals surface area contributed by atoms with Crippen molar-refractivity contribution in [3.8, 4) is 11.1 Å². The number of aromatic amines is 1. The van der Waals surface area contributed by atoms with Gasteiger partial charge < -0.3 is 9.88 Å². The third-order valence-electron chi connectivity index (χ3n) is 4.75. The van der Waals surface area contributed by atoms with E-state index in [1.54, 1.807) is 0 Å². The normalized spacial score (nSPS) is 16.5. The van der Waals surface area contributed by atoms with Crippen LogP contribution >= 0.6 is 0 Å². The zero-order valence-electron chi connectivity index (χ0n) is 14.4. The van der Waals surface area contributed by atoms with E-state index in [0.717, 1.165) is 41.3 Å². The number of imidazole rings is 1. The quantitative estimate of drug-likeness (QED) is 0.772. The Hall–Kier alpha value is -2.89. The number of carbonyl (C=O) groups excluding carboxylic acids is 1. The van der Waals surface area contributed by atoms with Crippen LogP contribution in [0.5, 0.6) is 0 Å². The molecule has 1 atom stereocenters. The summed E-state index contributed by atoms with van der Waals surface area (Å²) in [7, 11) is 0. The molecule has 1 aliphatic rings. The molecule has 1 aromatic carbocycles. The van der Waals surface area contributed by atoms with Gasteiger partial charge >= 0.3 is 0 Å². The highest BCUT2D eigenvalue weighted by molar-refractivity contribution is 5.96. The van der Waals surface area contributed by atoms with Crippen LogP contribution in [0.1, 0.15) is 23.6 Å². The van der Waals surface area contributed by atoms with Crippen molar-refractivity contribution in [1.29, 1.82) is 0 Å². The molecular formula is C19H21N5O. The Morgan fingerprint density at radius 2 is 2.08 bits per heavy atom. The molecule has 1 unspecified atom stereocenters. The fraction of sp³-hybridized carbons (Fsp3) is 0.316. The molecule has 128 valence electrons. The lowest BCUT2D eigenvalue weighted by molar-refractivity contribution is -0.120. The number of aryl methyl sites for hydroxylation is 3. The second kappa shape index (κ2) is 6.20. The summed E-state index contributed by atoms with van der Waals surface area (Å²) >= 11 is 0. The molecule has 2 aromatic heterocycles. The third kappa shape index (κ3) is 2.95. The molecule has 6 heteroatoms. The van der Waals surface area contributed by atoms with E-state index in [4.69, 9.17) is 0 Å². The predicted molar refractivity (Wildman–Crippen MR) is 96.2 cm³/mol. The first-order chi connectivity index (χ1) is 12.1. The van der Waals surface area contributed by atoms with Gasteiger partial charge in [-0.15, -0.1) is 0 Å². The van der Waals surface area contributed by atoms with Crippen LogP contribution in [0, 0.1) is 19.8 Å². The van der Waals surface area contributed by atoms with E-state index < -0.39 is 0 Å². The summed E-state index contributed by atoms with van der Waals surface area (Å²) in [4.78, 5) is 17.3. The van der Waals surface area contributed by atoms with Gasteiger partial charge in [-0.2, -0.15) is 5.10 Å². The second-order valence-corrected chi connectivity index (χ2v) is 6.61. The van der Waals surface area contributed by atoms with Crippen LogP contribution in [-0.2, 0) is 17.8 Å². The number of nitrogens with zero attached hydrogens (tertiary/aromatic N) is 3. The van der Waals surface area contributed by atoms with Gasteiger partial charge in [0.05, 0.1) is 5.69 Å². The summed E-state index contributed by atoms with van der Waals surface area (Å²) in [6.07, 6.45) is 3.54. The molecule has 3 heterocycles. The molecule has 0 saturated carbocycles. The zero-order chi connectivity index (χ0) is 17.4. The van der Waals surface area contributed by atoms with Gasteiger partial charge in [0.2, 0.25) is 5.91 Å². The van der Waals surface area contributed by atoms with Gasteiger partial charge in [-0.1, -0.05) is 30.3 Å². The SMILES string of the molecule is Cc1cn2c(n1)CC(C(=O)Nc1n[nH]c(C)c1-c1ccccc1)CC2. The van der Waals surface area contributed by atoms with Gasteiger partial charge in [0.1, 0.15) is 5.82 Å². The van der Waals surface area contributed by atoms with E-state index in [1.807, 2.05) is 50.4 Å². The van der Waals surface area contributed by atoms with Gasteiger partial charge in [0, 0.05) is 36.3 Å². The molecule has 1 amide bonds. The number of benzene rings is 1. The number of aromatic nitrogens is 4. The fourth-order valence-electron chi connectivity index (χ4n) is 3.49. The minimum Gasteiger partial charge on any atom is -0.335 e. The van der Waals surface area contributed by atoms with Crippen LogP contribution in [0.2, 0.25) is 0 Å². The second-order valence-electron chi connectivity index (χ2n) is 6.61. The Morgan fingerprint density at radius 3 is 2.88 bits per heavy atom. The smallest absolute Gasteiger partial charge is 0.229 e. The van der Waals surface area contributed by atoms with Crippen molar-refractivity contribution in [3.63, 3.8) is 0 Å². The Labute approximate surface area is 146 Å². The third-order valence-corrected chi connectivity index (χ3v) is 4.75. The number of anilines is 1. The fourth-order valence-corrected chi connectivity index (χ4v) is 3.49. The molecule has 3 aromatic rings. The number of rotatable bonds is 3. The van der Waals surface area contributed by atoms with Crippen molar-refractivity contribution in [2.24, 2.45) is 5.92 Å². The van der Waals surface area contributed by atoms with Gasteiger partial charge in [0.25, 0.3) is 0 Å². The lowest BCUT2D eigenvalue weighted by Gasteiger charge is -2.22. The maximum absolute atomic E-state index is 12.8. The maximum Gasteiger partial charge on any atom is 0.229 e. The van der Waals surface area contributed by atoms with Crippen LogP contribution < -0.4 is 5.32 Å². The first-order valence-corrected chi connectivity index (χ1v) is 8.55. The highest BCUT2D eigenvalue weighted by Gasteiger charge is 2.27. The van der Waals surface area contributed by atoms with Gasteiger partial charge in [0.15, 0.2) is 5.82 Å². The largest absolute Gasteiger partial charge is 0.335 e. The average molecular weight is 335 g/mol. The molecule has 4 rings (SSSR count). The monoisotopic (exact) mass is 335 g/mol. The number of nitrogens with one attached hydrogen (secondary N) is 2. The van der Waals surface area contributed by atoms with Gasteiger partial charge in [-0.05, 0) is 25.8 Å². The van der Waals surface area contributed by atoms with Crippen LogP contribution in [0.4, 0.5) is 5.82 Å². The summed E-state index contributed by atoms with van der Waals surface area (Å²) in [5.41, 5.74) is 3.93. The number of hydrogen-bond donors (Lipinski definition) is 2. The first-order valence-electron chi connectivity index (χ1n) is 8.55. The molecule has 0 radical (unpaired) electrons. The molecule has 0 aliphatic carbocycles. The molecule has 25 heavy (non-hydrogen) atoms. The van der Waals surface area contributed by atoms with Crippen LogP contribution in [0.25, 0.3) is 11.1 Å². The van der Waals surface area contributed by atoms with E-state index in [-0.39, 0.29) is 11.8 Å². The highest BCUT2D eigenvalue weighted by Crippen LogP contribution is 2.30. The first kappa shape index (κ1) is 15.6. The maximum atomic E-state index is 12.8. The lowest BCUT2D eigenvalue weighted by atomic mass is 9.96. The van der Waals surface area contributed by atoms with Crippen LogP contribution in [0.15, 0.2) is 36.5 Å². The number of carbonyl (C=O) groups is 1. The lowest BCUT2D eigenvalue weighted by Crippen LogP contribution is -2.30. The van der Waals surface area contributed by atoms with E-state index in [0.29, 0.717) is 12.2 Å². The van der Waals surface area contributed by atoms with E-state index in [9.17, 15) is 4.79 Å². The molecule has 2 N–H and O–H groups in total. The molecule has 0 bridgehead atoms. The van der Waals surface area contributed by atoms with E-state index >= 15 is 0 Å². The Bertz CT molecular complexity index is 909. The molecule has 0 spiro atoms. The highest BCUT2D eigenvalue weighted by atomic mass is 16.2. The van der Waals surface area contributed by atoms with Crippen LogP contribution in [0.3, 0.4) is 0 Å². The van der Waals surface area contributed by atoms with Gasteiger partial charge in [-0.3, -0.25) is 9.89 Å². The molecular weight excluding hydrogens is 314 g/mol. The molecule has 1 aliphatic heterocycles. The minimum absolute atomic E-state index is 0.00980. The van der Waals surface area contributed by atoms with E-state index in [1.165, 1.54) is 0 Å². The zero-order valence-corrected chi connectivity index (χ0v) is 14.4. The van der Waals surface area contributed by atoms with Crippen molar-refractivity contribution in [2.75, 3.05) is 5.32 Å². The molecule has 6 nitrogen and oxygen atoms in total. The van der Waals surface area contributed by atoms with Crippen molar-refractivity contribution < 1.29 is 4.79 Å². The Balaban J connectivity index is 1.55. The van der Waals surface area contributed by atoms with Crippen molar-refractivity contribution in [3.05, 3.63) is 53.7 Å². The Kier molecular flexibility index (Phi) is 3.87. The summed E-state index contributed by atoms with van der Waals surface area (Å²) < 4.78 is 2.15. The number of fused-ring (bicyclic) bond motifs is 1. The van der Waals surface area contributed by atoms with Crippen molar-refractivity contribution >= 4 is 11.7 Å². The topological polar surface area (TPSA) is 75.6 Å². The molecule has 0 fully saturated rings. The summed E-state index contributed by atoms with van der Waals surface area (Å²) in [6, 6.07) is 9.98. The summed E-state index contributed by atoms with van der Waals surface area (Å²) in [5, 5.41) is 10.3. The predicted octanol–water partition coefficient (Wildman–Crippen LogP) is 3.09. The van der Waals surface area contributed by atoms with Gasteiger partial charge in [-0.25, -0.2) is 4.98 Å².